The summed E-state index contributed by atoms with van der Waals surface area (Å²) in [5.41, 5.74) is 2.54. The van der Waals surface area contributed by atoms with Crippen molar-refractivity contribution < 1.29 is 4.79 Å². The van der Waals surface area contributed by atoms with E-state index in [2.05, 4.69) is 38.2 Å². The Morgan fingerprint density at radius 3 is 2.81 bits per heavy atom. The fourth-order valence-electron chi connectivity index (χ4n) is 3.53. The van der Waals surface area contributed by atoms with Crippen LogP contribution in [0.25, 0.3) is 0 Å². The summed E-state index contributed by atoms with van der Waals surface area (Å²) in [4.78, 5) is 27.8. The lowest BCUT2D eigenvalue weighted by atomic mass is 10.0. The molecular weight excluding hydrogens is 326 g/mol. The number of rotatable bonds is 7. The maximum absolute atomic E-state index is 12.7. The first kappa shape index (κ1) is 18.5. The highest BCUT2D eigenvalue weighted by Crippen LogP contribution is 2.23. The predicted octanol–water partition coefficient (Wildman–Crippen LogP) is 2.78. The van der Waals surface area contributed by atoms with Crippen LogP contribution in [0, 0.1) is 0 Å². The molecule has 1 aliphatic heterocycles. The van der Waals surface area contributed by atoms with Crippen LogP contribution >= 0.6 is 0 Å². The Morgan fingerprint density at radius 1 is 1.23 bits per heavy atom. The largest absolute Gasteiger partial charge is 0.350 e. The molecule has 138 valence electrons. The van der Waals surface area contributed by atoms with Crippen LogP contribution in [0.4, 0.5) is 0 Å². The number of nitrogens with zero attached hydrogens (tertiary/aromatic N) is 4. The number of aryl methyl sites for hydroxylation is 1. The smallest absolute Gasteiger partial charge is 0.254 e. The average molecular weight is 353 g/mol. The van der Waals surface area contributed by atoms with Gasteiger partial charge in [0.25, 0.3) is 5.91 Å². The zero-order valence-corrected chi connectivity index (χ0v) is 15.4. The number of piperidine rings is 1. The standard InChI is InChI=1S/C20H27N5O/c1-2-7-18-17(13-22-15-24-18)20(26)23-14-19(16-8-6-9-21-12-16)25-10-4-3-5-11-25/h6,8-9,12-13,15,19H,2-5,7,10-11,14H2,1H3,(H,23,26)/t19-/m1/s1. The van der Waals surface area contributed by atoms with Crippen molar-refractivity contribution in [2.24, 2.45) is 0 Å². The molecule has 0 spiro atoms. The number of hydrogen-bond donors (Lipinski definition) is 1. The molecule has 0 aliphatic carbocycles. The summed E-state index contributed by atoms with van der Waals surface area (Å²) in [6.45, 7) is 4.76. The average Bonchev–Trinajstić information content (AvgIpc) is 2.70. The lowest BCUT2D eigenvalue weighted by Crippen LogP contribution is -2.41. The maximum atomic E-state index is 12.7. The van der Waals surface area contributed by atoms with Crippen LogP contribution in [0.3, 0.4) is 0 Å². The quantitative estimate of drug-likeness (QED) is 0.829. The van der Waals surface area contributed by atoms with Gasteiger partial charge >= 0.3 is 0 Å². The van der Waals surface area contributed by atoms with Crippen LogP contribution in [-0.4, -0.2) is 45.4 Å². The number of carbonyl (C=O) groups is 1. The fourth-order valence-corrected chi connectivity index (χ4v) is 3.53. The molecule has 1 atom stereocenters. The molecule has 1 fully saturated rings. The zero-order chi connectivity index (χ0) is 18.2. The third-order valence-corrected chi connectivity index (χ3v) is 4.88. The summed E-state index contributed by atoms with van der Waals surface area (Å²) in [5.74, 6) is -0.0973. The molecule has 0 aromatic carbocycles. The predicted molar refractivity (Wildman–Crippen MR) is 101 cm³/mol. The van der Waals surface area contributed by atoms with Gasteiger partial charge in [-0.15, -0.1) is 0 Å². The molecule has 1 aliphatic rings. The molecule has 3 heterocycles. The normalized spacial score (nSPS) is 16.2. The van der Waals surface area contributed by atoms with Gasteiger partial charge in [0.15, 0.2) is 0 Å². The number of aromatic nitrogens is 3. The third kappa shape index (κ3) is 4.64. The van der Waals surface area contributed by atoms with Gasteiger partial charge in [-0.3, -0.25) is 14.7 Å². The van der Waals surface area contributed by atoms with Gasteiger partial charge < -0.3 is 5.32 Å². The Bertz CT molecular complexity index is 700. The molecule has 0 saturated carbocycles. The molecule has 2 aromatic rings. The van der Waals surface area contributed by atoms with Crippen molar-refractivity contribution >= 4 is 5.91 Å². The van der Waals surface area contributed by atoms with Crippen molar-refractivity contribution in [1.82, 2.24) is 25.2 Å². The van der Waals surface area contributed by atoms with Gasteiger partial charge in [-0.2, -0.15) is 0 Å². The number of hydrogen-bond acceptors (Lipinski definition) is 5. The molecule has 6 nitrogen and oxygen atoms in total. The van der Waals surface area contributed by atoms with Gasteiger partial charge in [0.05, 0.1) is 17.3 Å². The van der Waals surface area contributed by atoms with E-state index in [0.717, 1.165) is 37.2 Å². The third-order valence-electron chi connectivity index (χ3n) is 4.88. The first-order valence-electron chi connectivity index (χ1n) is 9.50. The molecule has 0 unspecified atom stereocenters. The van der Waals surface area contributed by atoms with Crippen LogP contribution in [0.1, 0.15) is 60.3 Å². The molecule has 1 saturated heterocycles. The summed E-state index contributed by atoms with van der Waals surface area (Å²) >= 11 is 0. The minimum atomic E-state index is -0.0973. The Balaban J connectivity index is 1.72. The first-order chi connectivity index (χ1) is 12.8. The van der Waals surface area contributed by atoms with E-state index in [4.69, 9.17) is 0 Å². The second-order valence-electron chi connectivity index (χ2n) is 6.74. The summed E-state index contributed by atoms with van der Waals surface area (Å²) in [6.07, 6.45) is 12.2. The SMILES string of the molecule is CCCc1ncncc1C(=O)NC[C@H](c1cccnc1)N1CCCCC1. The van der Waals surface area contributed by atoms with Crippen LogP contribution in [0.2, 0.25) is 0 Å². The Morgan fingerprint density at radius 2 is 2.08 bits per heavy atom. The number of pyridine rings is 1. The van der Waals surface area contributed by atoms with E-state index in [9.17, 15) is 4.79 Å². The van der Waals surface area contributed by atoms with Crippen molar-refractivity contribution in [3.8, 4) is 0 Å². The highest BCUT2D eigenvalue weighted by molar-refractivity contribution is 5.94. The van der Waals surface area contributed by atoms with Gasteiger partial charge in [0.1, 0.15) is 6.33 Å². The van der Waals surface area contributed by atoms with Gasteiger partial charge in [-0.25, -0.2) is 9.97 Å². The number of carbonyl (C=O) groups excluding carboxylic acids is 1. The van der Waals surface area contributed by atoms with Gasteiger partial charge in [-0.05, 0) is 44.0 Å². The first-order valence-corrected chi connectivity index (χ1v) is 9.50. The van der Waals surface area contributed by atoms with E-state index in [1.165, 1.54) is 25.6 Å². The Kier molecular flexibility index (Phi) is 6.66. The molecule has 1 N–H and O–H groups in total. The molecule has 0 bridgehead atoms. The van der Waals surface area contributed by atoms with Crippen molar-refractivity contribution in [3.05, 3.63) is 53.9 Å². The lowest BCUT2D eigenvalue weighted by Gasteiger charge is -2.34. The van der Waals surface area contributed by atoms with Crippen LogP contribution < -0.4 is 5.32 Å². The molecule has 26 heavy (non-hydrogen) atoms. The Labute approximate surface area is 155 Å². The van der Waals surface area contributed by atoms with E-state index in [1.54, 1.807) is 12.4 Å². The highest BCUT2D eigenvalue weighted by Gasteiger charge is 2.23. The van der Waals surface area contributed by atoms with Gasteiger partial charge in [0, 0.05) is 25.1 Å². The molecule has 3 rings (SSSR count). The number of nitrogens with one attached hydrogen (secondary N) is 1. The van der Waals surface area contributed by atoms with Crippen LogP contribution in [0.5, 0.6) is 0 Å². The monoisotopic (exact) mass is 353 g/mol. The molecule has 0 radical (unpaired) electrons. The summed E-state index contributed by atoms with van der Waals surface area (Å²) in [7, 11) is 0. The molecular formula is C20H27N5O. The number of amides is 1. The summed E-state index contributed by atoms with van der Waals surface area (Å²) < 4.78 is 0. The lowest BCUT2D eigenvalue weighted by molar-refractivity contribution is 0.0922. The van der Waals surface area contributed by atoms with E-state index in [-0.39, 0.29) is 11.9 Å². The van der Waals surface area contributed by atoms with E-state index >= 15 is 0 Å². The van der Waals surface area contributed by atoms with E-state index < -0.39 is 0 Å². The van der Waals surface area contributed by atoms with E-state index in [1.807, 2.05) is 12.3 Å². The topological polar surface area (TPSA) is 71.0 Å². The Hall–Kier alpha value is -2.34. The van der Waals surface area contributed by atoms with Crippen molar-refractivity contribution in [2.45, 2.75) is 45.1 Å². The second kappa shape index (κ2) is 9.38. The highest BCUT2D eigenvalue weighted by atomic mass is 16.1. The van der Waals surface area contributed by atoms with Gasteiger partial charge in [-0.1, -0.05) is 25.8 Å². The fraction of sp³-hybridized carbons (Fsp3) is 0.500. The van der Waals surface area contributed by atoms with Crippen LogP contribution in [-0.2, 0) is 6.42 Å². The van der Waals surface area contributed by atoms with E-state index in [0.29, 0.717) is 12.1 Å². The van der Waals surface area contributed by atoms with Crippen LogP contribution in [0.15, 0.2) is 37.1 Å². The van der Waals surface area contributed by atoms with Crippen molar-refractivity contribution in [2.75, 3.05) is 19.6 Å². The number of likely N-dealkylation sites (tertiary alicyclic amines) is 1. The summed E-state index contributed by atoms with van der Waals surface area (Å²) in [6, 6.07) is 4.19. The van der Waals surface area contributed by atoms with Crippen molar-refractivity contribution in [1.29, 1.82) is 0 Å². The van der Waals surface area contributed by atoms with Gasteiger partial charge in [0.2, 0.25) is 0 Å². The summed E-state index contributed by atoms with van der Waals surface area (Å²) in [5, 5.41) is 3.11. The molecule has 6 heteroatoms. The minimum Gasteiger partial charge on any atom is -0.350 e. The van der Waals surface area contributed by atoms with Crippen molar-refractivity contribution in [3.63, 3.8) is 0 Å². The minimum absolute atomic E-state index is 0.0973. The molecule has 2 aromatic heterocycles. The second-order valence-corrected chi connectivity index (χ2v) is 6.74. The maximum Gasteiger partial charge on any atom is 0.254 e. The zero-order valence-electron chi connectivity index (χ0n) is 15.4. The molecule has 1 amide bonds.